The standard InChI is InChI=1S/C14H15NO3/c1-15(10-9-11-5-3-2-4-6-11)13-8-7-12(18-13)14(16)17/h2-8H,9-10H2,1H3,(H,16,17). The first-order valence-corrected chi connectivity index (χ1v) is 5.75. The lowest BCUT2D eigenvalue weighted by atomic mass is 10.1. The molecule has 2 aromatic rings. The summed E-state index contributed by atoms with van der Waals surface area (Å²) in [6.07, 6.45) is 0.889. The molecule has 1 aromatic heterocycles. The Bertz CT molecular complexity index is 519. The molecule has 0 unspecified atom stereocenters. The molecule has 0 fully saturated rings. The molecule has 1 heterocycles. The largest absolute Gasteiger partial charge is 0.475 e. The molecule has 1 aromatic carbocycles. The van der Waals surface area contributed by atoms with E-state index in [4.69, 9.17) is 9.52 Å². The number of carbonyl (C=O) groups is 1. The summed E-state index contributed by atoms with van der Waals surface area (Å²) >= 11 is 0. The van der Waals surface area contributed by atoms with Gasteiger partial charge in [0.15, 0.2) is 5.88 Å². The van der Waals surface area contributed by atoms with E-state index in [1.54, 1.807) is 6.07 Å². The van der Waals surface area contributed by atoms with Crippen LogP contribution in [0.25, 0.3) is 0 Å². The lowest BCUT2D eigenvalue weighted by molar-refractivity contribution is 0.0663. The molecule has 0 spiro atoms. The van der Waals surface area contributed by atoms with E-state index in [1.165, 1.54) is 11.6 Å². The summed E-state index contributed by atoms with van der Waals surface area (Å²) in [6, 6.07) is 13.3. The normalized spacial score (nSPS) is 10.3. The summed E-state index contributed by atoms with van der Waals surface area (Å²) in [4.78, 5) is 12.6. The van der Waals surface area contributed by atoms with Gasteiger partial charge in [-0.05, 0) is 18.1 Å². The van der Waals surface area contributed by atoms with Crippen LogP contribution >= 0.6 is 0 Å². The molecule has 18 heavy (non-hydrogen) atoms. The lowest BCUT2D eigenvalue weighted by Gasteiger charge is -2.15. The van der Waals surface area contributed by atoms with E-state index < -0.39 is 5.97 Å². The Hall–Kier alpha value is -2.23. The Morgan fingerprint density at radius 2 is 1.94 bits per heavy atom. The topological polar surface area (TPSA) is 53.7 Å². The van der Waals surface area contributed by atoms with Gasteiger partial charge in [0.05, 0.1) is 0 Å². The van der Waals surface area contributed by atoms with Crippen molar-refractivity contribution in [3.63, 3.8) is 0 Å². The highest BCUT2D eigenvalue weighted by Gasteiger charge is 2.11. The Labute approximate surface area is 105 Å². The second-order valence-electron chi connectivity index (χ2n) is 4.10. The number of benzene rings is 1. The van der Waals surface area contributed by atoms with Gasteiger partial charge in [-0.15, -0.1) is 0 Å². The fourth-order valence-electron chi connectivity index (χ4n) is 1.70. The second-order valence-corrected chi connectivity index (χ2v) is 4.10. The third kappa shape index (κ3) is 2.91. The molecule has 2 rings (SSSR count). The van der Waals surface area contributed by atoms with Gasteiger partial charge in [0.25, 0.3) is 0 Å². The quantitative estimate of drug-likeness (QED) is 0.879. The summed E-state index contributed by atoms with van der Waals surface area (Å²) in [6.45, 7) is 0.774. The number of hydrogen-bond donors (Lipinski definition) is 1. The molecular weight excluding hydrogens is 230 g/mol. The van der Waals surface area contributed by atoms with Gasteiger partial charge in [0, 0.05) is 19.7 Å². The minimum Gasteiger partial charge on any atom is -0.475 e. The Morgan fingerprint density at radius 3 is 2.56 bits per heavy atom. The van der Waals surface area contributed by atoms with Crippen LogP contribution in [0.15, 0.2) is 46.9 Å². The van der Waals surface area contributed by atoms with Gasteiger partial charge < -0.3 is 14.4 Å². The number of hydrogen-bond acceptors (Lipinski definition) is 3. The number of furan rings is 1. The molecule has 94 valence electrons. The van der Waals surface area contributed by atoms with Crippen molar-refractivity contribution in [3.05, 3.63) is 53.8 Å². The number of carboxylic acids is 1. The van der Waals surface area contributed by atoms with Crippen molar-refractivity contribution < 1.29 is 14.3 Å². The third-order valence-corrected chi connectivity index (χ3v) is 2.76. The van der Waals surface area contributed by atoms with Crippen LogP contribution in [0.4, 0.5) is 5.88 Å². The third-order valence-electron chi connectivity index (χ3n) is 2.76. The van der Waals surface area contributed by atoms with Crippen LogP contribution in [0.3, 0.4) is 0 Å². The molecule has 0 saturated carbocycles. The van der Waals surface area contributed by atoms with Crippen LogP contribution in [0.1, 0.15) is 16.1 Å². The predicted octanol–water partition coefficient (Wildman–Crippen LogP) is 2.66. The SMILES string of the molecule is CN(CCc1ccccc1)c1ccc(C(=O)O)o1. The molecular formula is C14H15NO3. The fraction of sp³-hybridized carbons (Fsp3) is 0.214. The Kier molecular flexibility index (Phi) is 3.67. The number of aromatic carboxylic acids is 1. The molecule has 1 N–H and O–H groups in total. The average molecular weight is 245 g/mol. The molecule has 0 radical (unpaired) electrons. The van der Waals surface area contributed by atoms with Gasteiger partial charge in [-0.2, -0.15) is 0 Å². The molecule has 0 bridgehead atoms. The minimum atomic E-state index is -1.04. The van der Waals surface area contributed by atoms with E-state index in [0.717, 1.165) is 13.0 Å². The van der Waals surface area contributed by atoms with Crippen LogP contribution in [-0.4, -0.2) is 24.7 Å². The smallest absolute Gasteiger partial charge is 0.371 e. The van der Waals surface area contributed by atoms with Gasteiger partial charge in [-0.25, -0.2) is 4.79 Å². The predicted molar refractivity (Wildman–Crippen MR) is 69.1 cm³/mol. The fourth-order valence-corrected chi connectivity index (χ4v) is 1.70. The summed E-state index contributed by atoms with van der Waals surface area (Å²) in [5.41, 5.74) is 1.24. The van der Waals surface area contributed by atoms with Crippen molar-refractivity contribution in [3.8, 4) is 0 Å². The van der Waals surface area contributed by atoms with Crippen LogP contribution < -0.4 is 4.90 Å². The zero-order valence-corrected chi connectivity index (χ0v) is 10.2. The van der Waals surface area contributed by atoms with E-state index in [1.807, 2.05) is 30.1 Å². The van der Waals surface area contributed by atoms with Gasteiger partial charge in [-0.3, -0.25) is 0 Å². The number of anilines is 1. The Morgan fingerprint density at radius 1 is 1.22 bits per heavy atom. The van der Waals surface area contributed by atoms with Gasteiger partial charge >= 0.3 is 5.97 Å². The van der Waals surface area contributed by atoms with Crippen molar-refractivity contribution in [2.24, 2.45) is 0 Å². The van der Waals surface area contributed by atoms with E-state index in [9.17, 15) is 4.79 Å². The first-order valence-electron chi connectivity index (χ1n) is 5.75. The highest BCUT2D eigenvalue weighted by Crippen LogP contribution is 2.17. The number of nitrogens with zero attached hydrogens (tertiary/aromatic N) is 1. The molecule has 0 aliphatic carbocycles. The maximum atomic E-state index is 10.7. The Balaban J connectivity index is 1.95. The molecule has 0 amide bonds. The highest BCUT2D eigenvalue weighted by atomic mass is 16.4. The first kappa shape index (κ1) is 12.2. The zero-order chi connectivity index (χ0) is 13.0. The second kappa shape index (κ2) is 5.40. The van der Waals surface area contributed by atoms with Crippen LogP contribution in [-0.2, 0) is 6.42 Å². The summed E-state index contributed by atoms with van der Waals surface area (Å²) in [5, 5.41) is 8.78. The van der Waals surface area contributed by atoms with Crippen molar-refractivity contribution >= 4 is 11.9 Å². The zero-order valence-electron chi connectivity index (χ0n) is 10.2. The average Bonchev–Trinajstić information content (AvgIpc) is 2.87. The van der Waals surface area contributed by atoms with Gasteiger partial charge in [0.2, 0.25) is 5.76 Å². The van der Waals surface area contributed by atoms with Crippen molar-refractivity contribution in [2.75, 3.05) is 18.5 Å². The van der Waals surface area contributed by atoms with Crippen LogP contribution in [0, 0.1) is 0 Å². The highest BCUT2D eigenvalue weighted by molar-refractivity contribution is 5.84. The van der Waals surface area contributed by atoms with E-state index in [-0.39, 0.29) is 5.76 Å². The molecule has 4 heteroatoms. The number of rotatable bonds is 5. The van der Waals surface area contributed by atoms with E-state index in [2.05, 4.69) is 12.1 Å². The molecule has 0 atom stereocenters. The number of likely N-dealkylation sites (N-methyl/N-ethyl adjacent to an activating group) is 1. The molecule has 4 nitrogen and oxygen atoms in total. The van der Waals surface area contributed by atoms with E-state index >= 15 is 0 Å². The van der Waals surface area contributed by atoms with Crippen LogP contribution in [0.2, 0.25) is 0 Å². The van der Waals surface area contributed by atoms with Crippen molar-refractivity contribution in [1.29, 1.82) is 0 Å². The van der Waals surface area contributed by atoms with Crippen molar-refractivity contribution in [2.45, 2.75) is 6.42 Å². The van der Waals surface area contributed by atoms with Gasteiger partial charge in [-0.1, -0.05) is 30.3 Å². The van der Waals surface area contributed by atoms with Gasteiger partial charge in [0.1, 0.15) is 0 Å². The minimum absolute atomic E-state index is 0.0310. The molecule has 0 aliphatic heterocycles. The molecule has 0 aliphatic rings. The maximum absolute atomic E-state index is 10.7. The van der Waals surface area contributed by atoms with Crippen molar-refractivity contribution in [1.82, 2.24) is 0 Å². The lowest BCUT2D eigenvalue weighted by Crippen LogP contribution is -2.19. The summed E-state index contributed by atoms with van der Waals surface area (Å²) < 4.78 is 5.22. The molecule has 0 saturated heterocycles. The van der Waals surface area contributed by atoms with E-state index in [0.29, 0.717) is 5.88 Å². The summed E-state index contributed by atoms with van der Waals surface area (Å²) in [5.74, 6) is -0.502. The first-order chi connectivity index (χ1) is 8.66. The maximum Gasteiger partial charge on any atom is 0.371 e. The summed E-state index contributed by atoms with van der Waals surface area (Å²) in [7, 11) is 1.88. The monoisotopic (exact) mass is 245 g/mol. The number of carboxylic acid groups (broad SMARTS) is 1. The van der Waals surface area contributed by atoms with Crippen LogP contribution in [0.5, 0.6) is 0 Å².